The van der Waals surface area contributed by atoms with Gasteiger partial charge in [0.25, 0.3) is 0 Å². The zero-order valence-electron chi connectivity index (χ0n) is 53.1. The maximum absolute atomic E-state index is 14.4. The second-order valence-corrected chi connectivity index (χ2v) is 20.5. The van der Waals surface area contributed by atoms with Gasteiger partial charge in [-0.15, -0.1) is 0 Å². The Morgan fingerprint density at radius 3 is 1.36 bits per heavy atom. The number of nitrogens with zero attached hydrogens (tertiary/aromatic N) is 5. The molecular weight excluding hydrogens is 1430 g/mol. The van der Waals surface area contributed by atoms with Crippen molar-refractivity contribution in [2.45, 2.75) is 132 Å². The van der Waals surface area contributed by atoms with Crippen LogP contribution >= 0.6 is 12.6 Å². The number of aryl methyl sites for hydroxylation is 1. The fourth-order valence-electron chi connectivity index (χ4n) is 7.84. The van der Waals surface area contributed by atoms with Crippen LogP contribution in [0.25, 0.3) is 10.9 Å². The van der Waals surface area contributed by atoms with Gasteiger partial charge in [0.05, 0.1) is 6.33 Å². The van der Waals surface area contributed by atoms with E-state index in [1.807, 2.05) is 30.5 Å². The Morgan fingerprint density at radius 2 is 0.941 bits per heavy atom. The average molecular weight is 1510 g/mol. The summed E-state index contributed by atoms with van der Waals surface area (Å²) in [6, 6.07) is 4.81. The summed E-state index contributed by atoms with van der Waals surface area (Å²) in [7, 11) is 0. The maximum atomic E-state index is 14.4. The number of carboxylic acids is 5. The van der Waals surface area contributed by atoms with Crippen molar-refractivity contribution in [1.82, 2.24) is 40.3 Å². The number of nitrogens with two attached hydrogens (primary N) is 6. The maximum Gasteiger partial charge on any atom is 0.490 e. The molecule has 0 fully saturated rings. The largest absolute Gasteiger partial charge is 0.490 e. The number of para-hydroxylation sites is 1. The number of aliphatic imine (C=N–C) groups is 1. The molecule has 21 N–H and O–H groups in total. The lowest BCUT2D eigenvalue weighted by Crippen LogP contribution is -2.56. The molecule has 0 aliphatic carbocycles. The van der Waals surface area contributed by atoms with Gasteiger partial charge in [0.2, 0.25) is 35.4 Å². The van der Waals surface area contributed by atoms with E-state index in [-0.39, 0.29) is 107 Å². The van der Waals surface area contributed by atoms with Crippen molar-refractivity contribution in [3.63, 3.8) is 0 Å². The van der Waals surface area contributed by atoms with E-state index >= 15 is 0 Å². The van der Waals surface area contributed by atoms with Gasteiger partial charge in [0.1, 0.15) is 18.1 Å². The third-order valence-corrected chi connectivity index (χ3v) is 12.7. The van der Waals surface area contributed by atoms with E-state index in [1.165, 1.54) is 21.0 Å². The normalized spacial score (nSPS) is 12.1. The molecule has 2 heterocycles. The lowest BCUT2D eigenvalue weighted by Gasteiger charge is -2.33. The quantitative estimate of drug-likeness (QED) is 0.0134. The van der Waals surface area contributed by atoms with E-state index in [0.717, 1.165) is 16.5 Å². The van der Waals surface area contributed by atoms with Crippen molar-refractivity contribution in [1.29, 1.82) is 0 Å². The Hall–Kier alpha value is -9.41. The first-order chi connectivity index (χ1) is 46.6. The molecule has 3 rings (SSSR count). The van der Waals surface area contributed by atoms with Crippen molar-refractivity contribution >= 4 is 94.8 Å². The number of carbonyl (C=O) groups excluding carboxylic acids is 6. The van der Waals surface area contributed by atoms with Gasteiger partial charge >= 0.3 is 60.7 Å². The molecule has 0 saturated heterocycles. The molecule has 1 aromatic carbocycles. The Bertz CT molecular complexity index is 2920. The molecule has 0 spiro atoms. The van der Waals surface area contributed by atoms with Crippen LogP contribution in [0.3, 0.4) is 0 Å². The summed E-state index contributed by atoms with van der Waals surface area (Å²) in [5, 5.41) is 42.4. The number of aromatic amines is 2. The van der Waals surface area contributed by atoms with Gasteiger partial charge in [-0.2, -0.15) is 78.5 Å². The Kier molecular flexibility index (Phi) is 45.9. The molecule has 101 heavy (non-hydrogen) atoms. The monoisotopic (exact) mass is 1510 g/mol. The third-order valence-electron chi connectivity index (χ3n) is 12.4. The number of imidazole rings is 1. The van der Waals surface area contributed by atoms with Gasteiger partial charge in [-0.05, 0) is 81.8 Å². The van der Waals surface area contributed by atoms with Crippen LogP contribution in [0.1, 0.15) is 81.9 Å². The molecule has 31 nitrogen and oxygen atoms in total. The molecular formula is C54H78F15N15O16S. The van der Waals surface area contributed by atoms with Gasteiger partial charge in [0.15, 0.2) is 5.96 Å². The van der Waals surface area contributed by atoms with Crippen LogP contribution in [-0.2, 0) is 65.6 Å². The molecule has 3 aromatic rings. The van der Waals surface area contributed by atoms with Crippen molar-refractivity contribution in [2.24, 2.45) is 39.4 Å². The number of benzene rings is 1. The highest BCUT2D eigenvalue weighted by Crippen LogP contribution is 2.22. The molecule has 2 aromatic heterocycles. The summed E-state index contributed by atoms with van der Waals surface area (Å²) in [5.74, 6) is -16.2. The van der Waals surface area contributed by atoms with E-state index in [0.29, 0.717) is 70.2 Å². The van der Waals surface area contributed by atoms with Gasteiger partial charge in [-0.25, -0.2) is 29.0 Å². The molecule has 6 amide bonds. The van der Waals surface area contributed by atoms with Crippen LogP contribution in [0.15, 0.2) is 48.0 Å². The van der Waals surface area contributed by atoms with E-state index in [9.17, 15) is 94.6 Å². The number of nitrogens with one attached hydrogen (secondary N) is 4. The number of primary amides is 1. The lowest BCUT2D eigenvalue weighted by atomic mass is 10.0. The molecule has 0 saturated carbocycles. The molecule has 0 unspecified atom stereocenters. The number of aliphatic carboxylic acids is 5. The van der Waals surface area contributed by atoms with Gasteiger partial charge < -0.3 is 95.2 Å². The third kappa shape index (κ3) is 43.0. The van der Waals surface area contributed by atoms with Crippen LogP contribution in [0.2, 0.25) is 0 Å². The summed E-state index contributed by atoms with van der Waals surface area (Å²) >= 11 is 4.21. The predicted octanol–water partition coefficient (Wildman–Crippen LogP) is 2.52. The number of guanidine groups is 1. The smallest absolute Gasteiger partial charge is 0.475 e. The second-order valence-electron chi connectivity index (χ2n) is 20.0. The molecule has 3 atom stereocenters. The summed E-state index contributed by atoms with van der Waals surface area (Å²) in [5.41, 5.74) is 36.7. The SMILES string of the molecule is NCCCCCC(=O)N(CCNC(=O)[C@H](CCCN=C(N)N)N(CCN)C(=O)CCS)[C@@H](Cc1cnc[nH]1)C(=O)NCCN(C(=O)CCc1c[nH]c2ccccc12)[C@@H](CCCCN)C(N)=O.O=C(O)C(F)(F)F.O=C(O)C(F)(F)F.O=C(O)C(F)(F)F.O=C(O)C(F)(F)F.O=C(O)C(F)(F)F. The van der Waals surface area contributed by atoms with Crippen LogP contribution < -0.4 is 45.0 Å². The van der Waals surface area contributed by atoms with Crippen LogP contribution in [0.4, 0.5) is 65.9 Å². The summed E-state index contributed by atoms with van der Waals surface area (Å²) in [6.45, 7) is 1.10. The molecule has 0 aliphatic rings. The average Bonchev–Trinajstić information content (AvgIpc) is 1.77. The van der Waals surface area contributed by atoms with Crippen molar-refractivity contribution < 1.29 is 144 Å². The minimum atomic E-state index is -5.08. The lowest BCUT2D eigenvalue weighted by molar-refractivity contribution is -0.193. The second kappa shape index (κ2) is 48.4. The first-order valence-electron chi connectivity index (χ1n) is 29.1. The van der Waals surface area contributed by atoms with E-state index < -0.39 is 96.6 Å². The minimum absolute atomic E-state index is 0.0373. The number of carbonyl (C=O) groups is 11. The number of thiol groups is 1. The number of carboxylic acid groups (broad SMARTS) is 5. The Morgan fingerprint density at radius 1 is 0.525 bits per heavy atom. The van der Waals surface area contributed by atoms with Crippen LogP contribution in [-0.4, -0.2) is 240 Å². The van der Waals surface area contributed by atoms with Gasteiger partial charge in [-0.3, -0.25) is 33.8 Å². The molecule has 0 aliphatic heterocycles. The number of H-pyrrole nitrogens is 2. The number of halogens is 15. The minimum Gasteiger partial charge on any atom is -0.475 e. The highest BCUT2D eigenvalue weighted by molar-refractivity contribution is 7.80. The fourth-order valence-corrected chi connectivity index (χ4v) is 8.04. The van der Waals surface area contributed by atoms with Crippen LogP contribution in [0, 0.1) is 0 Å². The summed E-state index contributed by atoms with van der Waals surface area (Å²) in [4.78, 5) is 146. The molecule has 0 radical (unpaired) electrons. The Balaban J connectivity index is -0.00000222. The zero-order valence-corrected chi connectivity index (χ0v) is 54.0. The Labute approximate surface area is 568 Å². The summed E-state index contributed by atoms with van der Waals surface area (Å²) < 4.78 is 159. The zero-order chi connectivity index (χ0) is 78.7. The van der Waals surface area contributed by atoms with E-state index in [2.05, 4.69) is 43.2 Å². The number of unbranched alkanes of at least 4 members (excludes halogenated alkanes) is 3. The van der Waals surface area contributed by atoms with Gasteiger partial charge in [-0.1, -0.05) is 24.6 Å². The molecule has 47 heteroatoms. The van der Waals surface area contributed by atoms with Crippen molar-refractivity contribution in [3.8, 4) is 0 Å². The van der Waals surface area contributed by atoms with Crippen LogP contribution in [0.5, 0.6) is 0 Å². The fraction of sp³-hybridized carbons (Fsp3) is 0.574. The molecule has 576 valence electrons. The van der Waals surface area contributed by atoms with E-state index in [1.54, 1.807) is 6.20 Å². The number of amides is 6. The number of aromatic nitrogens is 3. The first-order valence-corrected chi connectivity index (χ1v) is 29.7. The summed E-state index contributed by atoms with van der Waals surface area (Å²) in [6.07, 6.45) is -15.8. The first kappa shape index (κ1) is 95.8. The number of hydrogen-bond acceptors (Lipinski definition) is 17. The number of alkyl halides is 15. The van der Waals surface area contributed by atoms with Crippen molar-refractivity contribution in [2.75, 3.05) is 64.7 Å². The van der Waals surface area contributed by atoms with Crippen molar-refractivity contribution in [3.05, 3.63) is 54.2 Å². The highest BCUT2D eigenvalue weighted by atomic mass is 32.1. The number of rotatable bonds is 34. The topological polar surface area (TPSA) is 536 Å². The van der Waals surface area contributed by atoms with Gasteiger partial charge in [0, 0.05) is 100 Å². The standard InChI is InChI=1S/C44H73N15O6S.5C2HF3O2/c45-17-6-1-2-13-38(60)59(25-22-52-42(64)36(12-8-20-54-44(49)50)57(23-19-47)40(62)16-26-66)37(27-32-29-51-30-56-32)43(65)53-21-24-58(35(41(48)63)11-5-7-18-46)39(61)15-14-31-28-55-34-10-4-3-9-33(31)34;5*3-2(4,5)1(6)7/h3-4,9-10,28-30,35-37,55,66H,1-2,5-8,11-27,45-47H2,(H2,48,63)(H,51,56)(H,52,64)(H,53,65)(H4,49,50,54);5*(H,6,7)/t35-,36-,37-;;;;;/m0...../s1. The highest BCUT2D eigenvalue weighted by Gasteiger charge is 2.41. The number of hydrogen-bond donors (Lipinski definition) is 16. The predicted molar refractivity (Wildman–Crippen MR) is 327 cm³/mol. The number of fused-ring (bicyclic) bond motifs is 1. The molecule has 0 bridgehead atoms. The van der Waals surface area contributed by atoms with E-state index in [4.69, 9.17) is 83.9 Å².